The van der Waals surface area contributed by atoms with Crippen LogP contribution in [0.4, 0.5) is 10.1 Å². The fourth-order valence-corrected chi connectivity index (χ4v) is 5.78. The molecule has 2 N–H and O–H groups in total. The standard InChI is InChI=1S/C27H22FN5O2S/c1-33(36(34,35)24-15-29-16-31-24)20-11-12-23-21(13-20)26-25(18-5-3-2-4-6-18)22(14-30-27(26)32-23)17-7-9-19(28)10-8-17/h2-3,5,7-16H,4,6H2,1H3,(H,29,31)(H,30,32). The lowest BCUT2D eigenvalue weighted by Gasteiger charge is -2.19. The van der Waals surface area contributed by atoms with E-state index in [0.717, 1.165) is 51.4 Å². The molecule has 36 heavy (non-hydrogen) atoms. The van der Waals surface area contributed by atoms with E-state index in [1.165, 1.54) is 36.0 Å². The SMILES string of the molecule is CN(c1ccc2[nH]c3ncc(-c4ccc(F)cc4)c(C4=CC=CCC4)c3c2c1)S(=O)(=O)c1cnc[nH]1. The number of sulfonamides is 1. The van der Waals surface area contributed by atoms with Crippen molar-refractivity contribution in [1.29, 1.82) is 0 Å². The summed E-state index contributed by atoms with van der Waals surface area (Å²) in [7, 11) is -2.29. The topological polar surface area (TPSA) is 94.7 Å². The van der Waals surface area contributed by atoms with Gasteiger partial charge in [0.25, 0.3) is 10.0 Å². The van der Waals surface area contributed by atoms with Gasteiger partial charge in [-0.25, -0.2) is 14.4 Å². The molecule has 3 aromatic heterocycles. The Morgan fingerprint density at radius 2 is 1.92 bits per heavy atom. The van der Waals surface area contributed by atoms with Crippen LogP contribution in [0.2, 0.25) is 0 Å². The summed E-state index contributed by atoms with van der Waals surface area (Å²) in [5.41, 5.74) is 5.98. The summed E-state index contributed by atoms with van der Waals surface area (Å²) in [6, 6.07) is 11.9. The maximum atomic E-state index is 13.7. The molecule has 0 saturated carbocycles. The number of aromatic nitrogens is 4. The molecule has 0 aliphatic heterocycles. The van der Waals surface area contributed by atoms with Crippen LogP contribution in [-0.2, 0) is 10.0 Å². The number of nitrogens with one attached hydrogen (secondary N) is 2. The van der Waals surface area contributed by atoms with Gasteiger partial charge in [0.15, 0.2) is 5.03 Å². The predicted octanol–water partition coefficient (Wildman–Crippen LogP) is 5.80. The van der Waals surface area contributed by atoms with Crippen molar-refractivity contribution in [2.75, 3.05) is 11.4 Å². The first-order valence-electron chi connectivity index (χ1n) is 11.5. The van der Waals surface area contributed by atoms with E-state index >= 15 is 0 Å². The highest BCUT2D eigenvalue weighted by molar-refractivity contribution is 7.92. The first-order chi connectivity index (χ1) is 17.4. The number of rotatable bonds is 5. The second-order valence-corrected chi connectivity index (χ2v) is 10.6. The van der Waals surface area contributed by atoms with Crippen LogP contribution in [0.5, 0.6) is 0 Å². The Morgan fingerprint density at radius 3 is 2.64 bits per heavy atom. The second kappa shape index (κ2) is 8.46. The molecule has 2 aromatic carbocycles. The van der Waals surface area contributed by atoms with Gasteiger partial charge in [0.2, 0.25) is 0 Å². The minimum Gasteiger partial charge on any atom is -0.339 e. The normalized spacial score (nSPS) is 13.9. The van der Waals surface area contributed by atoms with Gasteiger partial charge in [0.05, 0.1) is 18.2 Å². The molecule has 0 atom stereocenters. The number of hydrogen-bond acceptors (Lipinski definition) is 4. The van der Waals surface area contributed by atoms with Gasteiger partial charge in [-0.05, 0) is 59.9 Å². The smallest absolute Gasteiger partial charge is 0.281 e. The van der Waals surface area contributed by atoms with Crippen LogP contribution in [0.3, 0.4) is 0 Å². The molecule has 0 unspecified atom stereocenters. The average molecular weight is 500 g/mol. The van der Waals surface area contributed by atoms with Gasteiger partial charge >= 0.3 is 0 Å². The first kappa shape index (κ1) is 22.2. The monoisotopic (exact) mass is 499 g/mol. The molecule has 5 aromatic rings. The summed E-state index contributed by atoms with van der Waals surface area (Å²) >= 11 is 0. The van der Waals surface area contributed by atoms with Crippen LogP contribution in [0.15, 0.2) is 84.4 Å². The number of fused-ring (bicyclic) bond motifs is 3. The minimum absolute atomic E-state index is 0.0177. The van der Waals surface area contributed by atoms with E-state index in [9.17, 15) is 12.8 Å². The number of imidazole rings is 1. The Kier molecular flexibility index (Phi) is 5.22. The second-order valence-electron chi connectivity index (χ2n) is 8.68. The zero-order chi connectivity index (χ0) is 24.9. The Hall–Kier alpha value is -4.24. The Balaban J connectivity index is 1.61. The minimum atomic E-state index is -3.81. The summed E-state index contributed by atoms with van der Waals surface area (Å²) < 4.78 is 41.1. The maximum absolute atomic E-state index is 13.7. The number of hydrogen-bond donors (Lipinski definition) is 2. The Morgan fingerprint density at radius 1 is 1.08 bits per heavy atom. The van der Waals surface area contributed by atoms with Gasteiger partial charge in [-0.1, -0.05) is 30.4 Å². The zero-order valence-electron chi connectivity index (χ0n) is 19.4. The zero-order valence-corrected chi connectivity index (χ0v) is 20.2. The summed E-state index contributed by atoms with van der Waals surface area (Å²) in [4.78, 5) is 14.6. The van der Waals surface area contributed by atoms with Gasteiger partial charge in [-0.3, -0.25) is 4.31 Å². The van der Waals surface area contributed by atoms with Gasteiger partial charge in [0.1, 0.15) is 11.5 Å². The molecule has 0 bridgehead atoms. The Labute approximate surface area is 207 Å². The molecule has 0 spiro atoms. The fourth-order valence-electron chi connectivity index (χ4n) is 4.70. The number of benzene rings is 2. The van der Waals surface area contributed by atoms with Gasteiger partial charge in [-0.2, -0.15) is 8.42 Å². The van der Waals surface area contributed by atoms with Gasteiger partial charge in [0, 0.05) is 35.1 Å². The molecule has 6 rings (SSSR count). The third kappa shape index (κ3) is 3.59. The molecule has 7 nitrogen and oxygen atoms in total. The molecule has 0 radical (unpaired) electrons. The quantitative estimate of drug-likeness (QED) is 0.319. The number of halogens is 1. The summed E-state index contributed by atoms with van der Waals surface area (Å²) in [6.07, 6.45) is 12.5. The number of anilines is 1. The molecule has 9 heteroatoms. The molecule has 1 aliphatic rings. The Bertz CT molecular complexity index is 1770. The maximum Gasteiger partial charge on any atom is 0.281 e. The molecule has 0 amide bonds. The van der Waals surface area contributed by atoms with E-state index in [-0.39, 0.29) is 10.8 Å². The van der Waals surface area contributed by atoms with Crippen LogP contribution < -0.4 is 4.31 Å². The first-order valence-corrected chi connectivity index (χ1v) is 12.9. The van der Waals surface area contributed by atoms with E-state index in [4.69, 9.17) is 4.98 Å². The van der Waals surface area contributed by atoms with Crippen molar-refractivity contribution in [2.24, 2.45) is 0 Å². The lowest BCUT2D eigenvalue weighted by molar-refractivity contribution is 0.591. The molecule has 3 heterocycles. The number of allylic oxidation sites excluding steroid dienone is 4. The van der Waals surface area contributed by atoms with E-state index in [2.05, 4.69) is 27.1 Å². The van der Waals surface area contributed by atoms with Crippen molar-refractivity contribution in [3.63, 3.8) is 0 Å². The highest BCUT2D eigenvalue weighted by atomic mass is 32.2. The number of H-pyrrole nitrogens is 2. The number of aromatic amines is 2. The van der Waals surface area contributed by atoms with Crippen molar-refractivity contribution >= 4 is 43.2 Å². The van der Waals surface area contributed by atoms with Crippen LogP contribution in [0.25, 0.3) is 38.6 Å². The van der Waals surface area contributed by atoms with E-state index < -0.39 is 10.0 Å². The lowest BCUT2D eigenvalue weighted by Crippen LogP contribution is -2.26. The van der Waals surface area contributed by atoms with Crippen molar-refractivity contribution in [2.45, 2.75) is 17.9 Å². The van der Waals surface area contributed by atoms with Crippen molar-refractivity contribution in [3.05, 3.63) is 90.8 Å². The fraction of sp³-hybridized carbons (Fsp3) is 0.111. The van der Waals surface area contributed by atoms with Crippen LogP contribution in [0.1, 0.15) is 18.4 Å². The summed E-state index contributed by atoms with van der Waals surface area (Å²) in [6.45, 7) is 0. The summed E-state index contributed by atoms with van der Waals surface area (Å²) in [5.74, 6) is -0.299. The van der Waals surface area contributed by atoms with Crippen molar-refractivity contribution in [1.82, 2.24) is 19.9 Å². The molecule has 0 saturated heterocycles. The van der Waals surface area contributed by atoms with Gasteiger partial charge in [-0.15, -0.1) is 0 Å². The molecule has 1 aliphatic carbocycles. The van der Waals surface area contributed by atoms with Crippen LogP contribution in [0, 0.1) is 5.82 Å². The highest BCUT2D eigenvalue weighted by Gasteiger charge is 2.24. The molecule has 0 fully saturated rings. The third-order valence-corrected chi connectivity index (χ3v) is 8.28. The van der Waals surface area contributed by atoms with Crippen molar-refractivity contribution in [3.8, 4) is 11.1 Å². The van der Waals surface area contributed by atoms with Crippen LogP contribution >= 0.6 is 0 Å². The van der Waals surface area contributed by atoms with E-state index in [0.29, 0.717) is 11.3 Å². The third-order valence-electron chi connectivity index (χ3n) is 6.57. The van der Waals surface area contributed by atoms with Gasteiger partial charge < -0.3 is 9.97 Å². The largest absolute Gasteiger partial charge is 0.339 e. The highest BCUT2D eigenvalue weighted by Crippen LogP contribution is 2.41. The number of nitrogens with zero attached hydrogens (tertiary/aromatic N) is 3. The van der Waals surface area contributed by atoms with Crippen molar-refractivity contribution < 1.29 is 12.8 Å². The lowest BCUT2D eigenvalue weighted by atomic mass is 9.88. The molecule has 180 valence electrons. The summed E-state index contributed by atoms with van der Waals surface area (Å²) in [5, 5.41) is 1.78. The average Bonchev–Trinajstić information content (AvgIpc) is 3.57. The molecular formula is C27H22FN5O2S. The predicted molar refractivity (Wildman–Crippen MR) is 140 cm³/mol. The van der Waals surface area contributed by atoms with E-state index in [1.54, 1.807) is 18.2 Å². The molecular weight excluding hydrogens is 477 g/mol. The van der Waals surface area contributed by atoms with Crippen LogP contribution in [-0.4, -0.2) is 35.4 Å². The number of pyridine rings is 1. The van der Waals surface area contributed by atoms with E-state index in [1.807, 2.05) is 24.4 Å².